The number of benzene rings is 1. The van der Waals surface area contributed by atoms with Gasteiger partial charge in [0.15, 0.2) is 0 Å². The van der Waals surface area contributed by atoms with Gasteiger partial charge in [-0.1, -0.05) is 0 Å². The molecule has 7 heteroatoms. The molecule has 1 aliphatic heterocycles. The molecule has 0 atom stereocenters. The molecule has 24 heavy (non-hydrogen) atoms. The molecule has 5 nitrogen and oxygen atoms in total. The Hall–Kier alpha value is -2.83. The monoisotopic (exact) mass is 331 g/mol. The maximum absolute atomic E-state index is 13.7. The van der Waals surface area contributed by atoms with Gasteiger partial charge >= 0.3 is 0 Å². The van der Waals surface area contributed by atoms with Crippen molar-refractivity contribution < 1.29 is 18.4 Å². The second-order valence-electron chi connectivity index (χ2n) is 5.45. The molecule has 124 valence electrons. The molecular weight excluding hydrogens is 316 g/mol. The van der Waals surface area contributed by atoms with Gasteiger partial charge in [0.2, 0.25) is 0 Å². The summed E-state index contributed by atoms with van der Waals surface area (Å²) in [5.41, 5.74) is 0.190. The number of piperazine rings is 1. The van der Waals surface area contributed by atoms with E-state index in [1.54, 1.807) is 23.2 Å². The number of nitrogens with zero attached hydrogens (tertiary/aromatic N) is 3. The molecule has 1 saturated heterocycles. The molecule has 2 amide bonds. The van der Waals surface area contributed by atoms with Crippen LogP contribution in [0.25, 0.3) is 0 Å². The van der Waals surface area contributed by atoms with E-state index in [9.17, 15) is 18.4 Å². The van der Waals surface area contributed by atoms with E-state index in [0.29, 0.717) is 18.7 Å². The van der Waals surface area contributed by atoms with Crippen LogP contribution in [0.5, 0.6) is 0 Å². The van der Waals surface area contributed by atoms with E-state index in [0.717, 1.165) is 18.2 Å². The van der Waals surface area contributed by atoms with Crippen LogP contribution in [-0.2, 0) is 0 Å². The van der Waals surface area contributed by atoms with Gasteiger partial charge < -0.3 is 9.80 Å². The highest BCUT2D eigenvalue weighted by atomic mass is 19.1. The van der Waals surface area contributed by atoms with Crippen LogP contribution < -0.4 is 0 Å². The standard InChI is InChI=1S/C17H15F2N3O2/c18-13-3-4-15(19)14(10-13)17(24)22-8-6-21(7-9-22)16(23)12-2-1-5-20-11-12/h1-5,10-11H,6-9H2. The van der Waals surface area contributed by atoms with E-state index < -0.39 is 17.5 Å². The lowest BCUT2D eigenvalue weighted by Crippen LogP contribution is -2.50. The van der Waals surface area contributed by atoms with Gasteiger partial charge in [-0.2, -0.15) is 0 Å². The summed E-state index contributed by atoms with van der Waals surface area (Å²) in [5, 5.41) is 0. The minimum atomic E-state index is -0.754. The lowest BCUT2D eigenvalue weighted by molar-refractivity contribution is 0.0532. The molecule has 1 aliphatic rings. The van der Waals surface area contributed by atoms with Crippen LogP contribution in [0.3, 0.4) is 0 Å². The number of aromatic nitrogens is 1. The number of carbonyl (C=O) groups is 2. The summed E-state index contributed by atoms with van der Waals surface area (Å²) < 4.78 is 26.9. The van der Waals surface area contributed by atoms with Gasteiger partial charge in [0.05, 0.1) is 11.1 Å². The van der Waals surface area contributed by atoms with Crippen LogP contribution in [0.1, 0.15) is 20.7 Å². The van der Waals surface area contributed by atoms with Crippen LogP contribution in [0, 0.1) is 11.6 Å². The number of hydrogen-bond acceptors (Lipinski definition) is 3. The van der Waals surface area contributed by atoms with Crippen molar-refractivity contribution in [2.75, 3.05) is 26.2 Å². The number of rotatable bonds is 2. The van der Waals surface area contributed by atoms with Crippen molar-refractivity contribution in [2.45, 2.75) is 0 Å². The molecule has 2 aromatic rings. The summed E-state index contributed by atoms with van der Waals surface area (Å²) >= 11 is 0. The predicted octanol–water partition coefficient (Wildman–Crippen LogP) is 1.96. The second-order valence-corrected chi connectivity index (χ2v) is 5.45. The van der Waals surface area contributed by atoms with Gasteiger partial charge in [0.25, 0.3) is 11.8 Å². The van der Waals surface area contributed by atoms with Gasteiger partial charge in [-0.15, -0.1) is 0 Å². The molecule has 0 N–H and O–H groups in total. The molecule has 0 unspecified atom stereocenters. The fourth-order valence-electron chi connectivity index (χ4n) is 2.62. The Morgan fingerprint density at radius 1 is 0.958 bits per heavy atom. The molecular formula is C17H15F2N3O2. The van der Waals surface area contributed by atoms with Gasteiger partial charge in [0, 0.05) is 38.6 Å². The summed E-state index contributed by atoms with van der Waals surface area (Å²) in [4.78, 5) is 31.6. The van der Waals surface area contributed by atoms with E-state index in [1.165, 1.54) is 11.1 Å². The van der Waals surface area contributed by atoms with Crippen LogP contribution >= 0.6 is 0 Å². The van der Waals surface area contributed by atoms with Gasteiger partial charge in [0.1, 0.15) is 11.6 Å². The molecule has 3 rings (SSSR count). The van der Waals surface area contributed by atoms with Crippen molar-refractivity contribution in [2.24, 2.45) is 0 Å². The summed E-state index contributed by atoms with van der Waals surface area (Å²) in [7, 11) is 0. The summed E-state index contributed by atoms with van der Waals surface area (Å²) in [6, 6.07) is 6.15. The minimum absolute atomic E-state index is 0.160. The number of amides is 2. The first kappa shape index (κ1) is 16.0. The Morgan fingerprint density at radius 2 is 1.62 bits per heavy atom. The average Bonchev–Trinajstić information content (AvgIpc) is 2.63. The third kappa shape index (κ3) is 3.24. The Balaban J connectivity index is 1.66. The Morgan fingerprint density at radius 3 is 2.25 bits per heavy atom. The third-order valence-electron chi connectivity index (χ3n) is 3.92. The van der Waals surface area contributed by atoms with E-state index in [2.05, 4.69) is 4.98 Å². The minimum Gasteiger partial charge on any atom is -0.335 e. The molecule has 2 heterocycles. The Kier molecular flexibility index (Phi) is 4.50. The highest BCUT2D eigenvalue weighted by Crippen LogP contribution is 2.15. The van der Waals surface area contributed by atoms with Crippen LogP contribution in [0.15, 0.2) is 42.7 Å². The van der Waals surface area contributed by atoms with Crippen molar-refractivity contribution in [3.63, 3.8) is 0 Å². The van der Waals surface area contributed by atoms with E-state index in [4.69, 9.17) is 0 Å². The second kappa shape index (κ2) is 6.74. The van der Waals surface area contributed by atoms with Gasteiger partial charge in [-0.25, -0.2) is 8.78 Å². The summed E-state index contributed by atoms with van der Waals surface area (Å²) in [6.45, 7) is 1.19. The van der Waals surface area contributed by atoms with Crippen molar-refractivity contribution in [3.05, 3.63) is 65.5 Å². The zero-order chi connectivity index (χ0) is 17.1. The smallest absolute Gasteiger partial charge is 0.257 e. The number of carbonyl (C=O) groups excluding carboxylic acids is 2. The van der Waals surface area contributed by atoms with E-state index >= 15 is 0 Å². The van der Waals surface area contributed by atoms with Crippen LogP contribution in [0.4, 0.5) is 8.78 Å². The molecule has 0 saturated carbocycles. The number of halogens is 2. The van der Waals surface area contributed by atoms with Crippen molar-refractivity contribution in [3.8, 4) is 0 Å². The van der Waals surface area contributed by atoms with Gasteiger partial charge in [-0.05, 0) is 30.3 Å². The van der Waals surface area contributed by atoms with Crippen LogP contribution in [-0.4, -0.2) is 52.8 Å². The predicted molar refractivity (Wildman–Crippen MR) is 82.4 cm³/mol. The van der Waals surface area contributed by atoms with Crippen molar-refractivity contribution >= 4 is 11.8 Å². The lowest BCUT2D eigenvalue weighted by atomic mass is 10.1. The maximum atomic E-state index is 13.7. The first-order valence-electron chi connectivity index (χ1n) is 7.50. The van der Waals surface area contributed by atoms with E-state index in [-0.39, 0.29) is 24.6 Å². The molecule has 0 spiro atoms. The molecule has 1 fully saturated rings. The highest BCUT2D eigenvalue weighted by molar-refractivity contribution is 5.96. The topological polar surface area (TPSA) is 53.5 Å². The first-order chi connectivity index (χ1) is 11.6. The molecule has 0 aliphatic carbocycles. The number of hydrogen-bond donors (Lipinski definition) is 0. The first-order valence-corrected chi connectivity index (χ1v) is 7.50. The third-order valence-corrected chi connectivity index (χ3v) is 3.92. The normalized spacial score (nSPS) is 14.6. The van der Waals surface area contributed by atoms with Crippen molar-refractivity contribution in [1.82, 2.24) is 14.8 Å². The van der Waals surface area contributed by atoms with Crippen LogP contribution in [0.2, 0.25) is 0 Å². The fraction of sp³-hybridized carbons (Fsp3) is 0.235. The average molecular weight is 331 g/mol. The fourth-order valence-corrected chi connectivity index (χ4v) is 2.62. The highest BCUT2D eigenvalue weighted by Gasteiger charge is 2.27. The Labute approximate surface area is 137 Å². The number of pyridine rings is 1. The zero-order valence-corrected chi connectivity index (χ0v) is 12.8. The Bertz CT molecular complexity index is 760. The van der Waals surface area contributed by atoms with E-state index in [1.807, 2.05) is 0 Å². The molecule has 0 radical (unpaired) electrons. The molecule has 0 bridgehead atoms. The lowest BCUT2D eigenvalue weighted by Gasteiger charge is -2.34. The molecule has 1 aromatic carbocycles. The molecule has 1 aromatic heterocycles. The summed E-state index contributed by atoms with van der Waals surface area (Å²) in [6.07, 6.45) is 3.07. The SMILES string of the molecule is O=C(c1cccnc1)N1CCN(C(=O)c2cc(F)ccc2F)CC1. The quantitative estimate of drug-likeness (QED) is 0.845. The summed E-state index contributed by atoms with van der Waals surface area (Å²) in [5.74, 6) is -2.15. The largest absolute Gasteiger partial charge is 0.335 e. The zero-order valence-electron chi connectivity index (χ0n) is 12.8. The van der Waals surface area contributed by atoms with Gasteiger partial charge in [-0.3, -0.25) is 14.6 Å². The maximum Gasteiger partial charge on any atom is 0.257 e. The van der Waals surface area contributed by atoms with Crippen molar-refractivity contribution in [1.29, 1.82) is 0 Å².